The Morgan fingerprint density at radius 1 is 1.17 bits per heavy atom. The van der Waals surface area contributed by atoms with E-state index in [1.807, 2.05) is 11.1 Å². The maximum Gasteiger partial charge on any atom is 0.317 e. The molecule has 3 rings (SSSR count). The van der Waals surface area contributed by atoms with Gasteiger partial charge in [0.2, 0.25) is 0 Å². The molecule has 0 spiro atoms. The van der Waals surface area contributed by atoms with E-state index >= 15 is 0 Å². The Bertz CT molecular complexity index is 502. The third kappa shape index (κ3) is 4.36. The fourth-order valence-corrected chi connectivity index (χ4v) is 3.33. The molecule has 5 heteroatoms. The van der Waals surface area contributed by atoms with Crippen LogP contribution >= 0.6 is 0 Å². The van der Waals surface area contributed by atoms with Gasteiger partial charge in [0.05, 0.1) is 0 Å². The van der Waals surface area contributed by atoms with Crippen LogP contribution in [0.1, 0.15) is 44.6 Å². The summed E-state index contributed by atoms with van der Waals surface area (Å²) in [6.07, 6.45) is 7.96. The fraction of sp³-hybridized carbons (Fsp3) is 0.667. The number of pyridine rings is 1. The fourth-order valence-electron chi connectivity index (χ4n) is 3.33. The first-order valence-electron chi connectivity index (χ1n) is 8.95. The van der Waals surface area contributed by atoms with Gasteiger partial charge >= 0.3 is 6.03 Å². The van der Waals surface area contributed by atoms with E-state index in [0.29, 0.717) is 6.54 Å². The molecule has 23 heavy (non-hydrogen) atoms. The van der Waals surface area contributed by atoms with Crippen LogP contribution < -0.4 is 10.2 Å². The number of amides is 2. The van der Waals surface area contributed by atoms with Gasteiger partial charge in [0.1, 0.15) is 5.82 Å². The number of carbonyl (C=O) groups is 1. The molecular weight excluding hydrogens is 288 g/mol. The van der Waals surface area contributed by atoms with E-state index < -0.39 is 0 Å². The van der Waals surface area contributed by atoms with Crippen LogP contribution in [0.4, 0.5) is 10.6 Å². The molecule has 0 aliphatic carbocycles. The van der Waals surface area contributed by atoms with Gasteiger partial charge in [-0.25, -0.2) is 9.78 Å². The minimum absolute atomic E-state index is 0.0528. The van der Waals surface area contributed by atoms with Gasteiger partial charge in [-0.3, -0.25) is 0 Å². The number of anilines is 1. The first kappa shape index (κ1) is 16.1. The quantitative estimate of drug-likeness (QED) is 0.932. The molecule has 2 saturated heterocycles. The minimum atomic E-state index is 0.0528. The highest BCUT2D eigenvalue weighted by molar-refractivity contribution is 5.74. The predicted octanol–water partition coefficient (Wildman–Crippen LogP) is 3.01. The summed E-state index contributed by atoms with van der Waals surface area (Å²) < 4.78 is 0. The molecule has 0 unspecified atom stereocenters. The highest BCUT2D eigenvalue weighted by atomic mass is 16.2. The van der Waals surface area contributed by atoms with E-state index in [9.17, 15) is 4.79 Å². The standard InChI is InChI=1S/C18H28N4O/c1-15-7-11-22(12-8-15)18(23)20-14-16-5-6-17(19-13-16)21-9-3-2-4-10-21/h5-6,13,15H,2-4,7-12,14H2,1H3,(H,20,23). The lowest BCUT2D eigenvalue weighted by molar-refractivity contribution is 0.173. The summed E-state index contributed by atoms with van der Waals surface area (Å²) in [6, 6.07) is 4.21. The second kappa shape index (κ2) is 7.66. The summed E-state index contributed by atoms with van der Waals surface area (Å²) in [5.74, 6) is 1.80. The molecule has 126 valence electrons. The Morgan fingerprint density at radius 2 is 1.91 bits per heavy atom. The van der Waals surface area contributed by atoms with Crippen molar-refractivity contribution in [2.75, 3.05) is 31.1 Å². The van der Waals surface area contributed by atoms with Gasteiger partial charge in [-0.2, -0.15) is 0 Å². The molecule has 0 aromatic carbocycles. The number of urea groups is 1. The number of likely N-dealkylation sites (tertiary alicyclic amines) is 1. The minimum Gasteiger partial charge on any atom is -0.357 e. The number of hydrogen-bond donors (Lipinski definition) is 1. The van der Waals surface area contributed by atoms with E-state index in [-0.39, 0.29) is 6.03 Å². The van der Waals surface area contributed by atoms with Crippen molar-refractivity contribution in [3.8, 4) is 0 Å². The number of piperidine rings is 2. The van der Waals surface area contributed by atoms with Crippen LogP contribution in [0.15, 0.2) is 18.3 Å². The molecule has 2 aliphatic heterocycles. The second-order valence-corrected chi connectivity index (χ2v) is 6.90. The van der Waals surface area contributed by atoms with Crippen molar-refractivity contribution in [1.82, 2.24) is 15.2 Å². The van der Waals surface area contributed by atoms with Crippen molar-refractivity contribution >= 4 is 11.8 Å². The van der Waals surface area contributed by atoms with Crippen LogP contribution in [0.2, 0.25) is 0 Å². The number of hydrogen-bond acceptors (Lipinski definition) is 3. The van der Waals surface area contributed by atoms with Crippen molar-refractivity contribution in [2.24, 2.45) is 5.92 Å². The maximum absolute atomic E-state index is 12.2. The highest BCUT2D eigenvalue weighted by Crippen LogP contribution is 2.18. The lowest BCUT2D eigenvalue weighted by atomic mass is 10.00. The summed E-state index contributed by atoms with van der Waals surface area (Å²) in [5, 5.41) is 3.02. The van der Waals surface area contributed by atoms with Gasteiger partial charge in [0, 0.05) is 38.9 Å². The molecule has 0 atom stereocenters. The zero-order chi connectivity index (χ0) is 16.1. The monoisotopic (exact) mass is 316 g/mol. The maximum atomic E-state index is 12.2. The number of carbonyl (C=O) groups excluding carboxylic acids is 1. The van der Waals surface area contributed by atoms with Crippen LogP contribution in [0, 0.1) is 5.92 Å². The summed E-state index contributed by atoms with van der Waals surface area (Å²) in [4.78, 5) is 21.0. The summed E-state index contributed by atoms with van der Waals surface area (Å²) >= 11 is 0. The molecular formula is C18H28N4O. The van der Waals surface area contributed by atoms with Gasteiger partial charge < -0.3 is 15.1 Å². The van der Waals surface area contributed by atoms with Crippen LogP contribution in [-0.4, -0.2) is 42.1 Å². The topological polar surface area (TPSA) is 48.5 Å². The van der Waals surface area contributed by atoms with Crippen LogP contribution in [0.5, 0.6) is 0 Å². The number of rotatable bonds is 3. The first-order valence-corrected chi connectivity index (χ1v) is 8.95. The molecule has 0 bridgehead atoms. The Morgan fingerprint density at radius 3 is 2.57 bits per heavy atom. The second-order valence-electron chi connectivity index (χ2n) is 6.90. The first-order chi connectivity index (χ1) is 11.2. The van der Waals surface area contributed by atoms with Crippen molar-refractivity contribution < 1.29 is 4.79 Å². The van der Waals surface area contributed by atoms with Gasteiger partial charge in [-0.1, -0.05) is 13.0 Å². The number of nitrogens with zero attached hydrogens (tertiary/aromatic N) is 3. The average Bonchev–Trinajstić information content (AvgIpc) is 2.61. The molecule has 1 aromatic rings. The molecule has 0 radical (unpaired) electrons. The summed E-state index contributed by atoms with van der Waals surface area (Å²) in [6.45, 7) is 6.77. The third-order valence-electron chi connectivity index (χ3n) is 5.00. The van der Waals surface area contributed by atoms with Crippen LogP contribution in [0.25, 0.3) is 0 Å². The van der Waals surface area contributed by atoms with E-state index in [1.54, 1.807) is 0 Å². The van der Waals surface area contributed by atoms with Gasteiger partial charge in [-0.05, 0) is 49.7 Å². The normalized spacial score (nSPS) is 19.7. The predicted molar refractivity (Wildman–Crippen MR) is 92.5 cm³/mol. The van der Waals surface area contributed by atoms with Crippen LogP contribution in [-0.2, 0) is 6.54 Å². The van der Waals surface area contributed by atoms with E-state index in [0.717, 1.165) is 56.3 Å². The van der Waals surface area contributed by atoms with Gasteiger partial charge in [0.25, 0.3) is 0 Å². The van der Waals surface area contributed by atoms with Gasteiger partial charge in [-0.15, -0.1) is 0 Å². The van der Waals surface area contributed by atoms with Crippen molar-refractivity contribution in [1.29, 1.82) is 0 Å². The zero-order valence-corrected chi connectivity index (χ0v) is 14.1. The molecule has 1 aromatic heterocycles. The molecule has 2 aliphatic rings. The summed E-state index contributed by atoms with van der Waals surface area (Å²) in [5.41, 5.74) is 1.06. The summed E-state index contributed by atoms with van der Waals surface area (Å²) in [7, 11) is 0. The molecule has 0 saturated carbocycles. The van der Waals surface area contributed by atoms with E-state index in [1.165, 1.54) is 19.3 Å². The van der Waals surface area contributed by atoms with Crippen molar-refractivity contribution in [3.05, 3.63) is 23.9 Å². The lowest BCUT2D eigenvalue weighted by Crippen LogP contribution is -2.43. The van der Waals surface area contributed by atoms with E-state index in [4.69, 9.17) is 0 Å². The molecule has 2 amide bonds. The SMILES string of the molecule is CC1CCN(C(=O)NCc2ccc(N3CCCCC3)nc2)CC1. The zero-order valence-electron chi connectivity index (χ0n) is 14.1. The Balaban J connectivity index is 1.47. The number of aromatic nitrogens is 1. The molecule has 2 fully saturated rings. The molecule has 1 N–H and O–H groups in total. The smallest absolute Gasteiger partial charge is 0.317 e. The van der Waals surface area contributed by atoms with Crippen molar-refractivity contribution in [2.45, 2.75) is 45.6 Å². The van der Waals surface area contributed by atoms with Gasteiger partial charge in [0.15, 0.2) is 0 Å². The number of nitrogens with one attached hydrogen (secondary N) is 1. The molecule has 5 nitrogen and oxygen atoms in total. The average molecular weight is 316 g/mol. The Hall–Kier alpha value is -1.78. The Kier molecular flexibility index (Phi) is 5.36. The molecule has 3 heterocycles. The van der Waals surface area contributed by atoms with E-state index in [2.05, 4.69) is 34.3 Å². The largest absolute Gasteiger partial charge is 0.357 e. The lowest BCUT2D eigenvalue weighted by Gasteiger charge is -2.30. The van der Waals surface area contributed by atoms with Crippen LogP contribution in [0.3, 0.4) is 0 Å². The van der Waals surface area contributed by atoms with Crippen molar-refractivity contribution in [3.63, 3.8) is 0 Å². The third-order valence-corrected chi connectivity index (χ3v) is 5.00. The highest BCUT2D eigenvalue weighted by Gasteiger charge is 2.19. The Labute approximate surface area is 139 Å².